The lowest BCUT2D eigenvalue weighted by atomic mass is 9.92. The van der Waals surface area contributed by atoms with Gasteiger partial charge in [-0.3, -0.25) is 0 Å². The lowest BCUT2D eigenvalue weighted by Crippen LogP contribution is -2.19. The molecule has 0 saturated heterocycles. The van der Waals surface area contributed by atoms with Crippen molar-refractivity contribution in [1.82, 2.24) is 0 Å². The van der Waals surface area contributed by atoms with Crippen molar-refractivity contribution < 1.29 is 0 Å². The molecular weight excluding hydrogens is 154 g/mol. The van der Waals surface area contributed by atoms with Crippen LogP contribution in [0.2, 0.25) is 0 Å². The highest BCUT2D eigenvalue weighted by Gasteiger charge is 2.09. The molecule has 1 nitrogen and oxygen atoms in total. The number of hydrogen-bond donors (Lipinski definition) is 1. The van der Waals surface area contributed by atoms with E-state index in [2.05, 4.69) is 20.1 Å². The van der Waals surface area contributed by atoms with Gasteiger partial charge < -0.3 is 5.73 Å². The molecule has 1 atom stereocenters. The summed E-state index contributed by atoms with van der Waals surface area (Å²) in [4.78, 5) is 0. The molecule has 0 rings (SSSR count). The highest BCUT2D eigenvalue weighted by Crippen LogP contribution is 2.16. The maximum Gasteiger partial charge on any atom is -0.00464 e. The number of nitrogens with two attached hydrogens (primary N) is 1. The standard InChI is InChI=1S/C9H21NS/c1-8(2)9(7-10)5-4-6-11-3/h8-9H,4-7,10H2,1-3H3. The van der Waals surface area contributed by atoms with Gasteiger partial charge in [0.1, 0.15) is 0 Å². The first-order chi connectivity index (χ1) is 5.22. The summed E-state index contributed by atoms with van der Waals surface area (Å²) in [5.74, 6) is 2.77. The normalized spacial score (nSPS) is 13.9. The van der Waals surface area contributed by atoms with Crippen molar-refractivity contribution in [2.24, 2.45) is 17.6 Å². The second kappa shape index (κ2) is 6.99. The van der Waals surface area contributed by atoms with E-state index in [1.54, 1.807) is 0 Å². The lowest BCUT2D eigenvalue weighted by molar-refractivity contribution is 0.367. The summed E-state index contributed by atoms with van der Waals surface area (Å²) in [7, 11) is 0. The third-order valence-electron chi connectivity index (χ3n) is 2.17. The molecule has 11 heavy (non-hydrogen) atoms. The van der Waals surface area contributed by atoms with Crippen LogP contribution < -0.4 is 5.73 Å². The second-order valence-corrected chi connectivity index (χ2v) is 4.36. The van der Waals surface area contributed by atoms with Gasteiger partial charge in [-0.25, -0.2) is 0 Å². The van der Waals surface area contributed by atoms with E-state index in [4.69, 9.17) is 5.73 Å². The first-order valence-electron chi connectivity index (χ1n) is 4.41. The minimum Gasteiger partial charge on any atom is -0.330 e. The Morgan fingerprint density at radius 3 is 2.36 bits per heavy atom. The van der Waals surface area contributed by atoms with Crippen molar-refractivity contribution in [3.8, 4) is 0 Å². The van der Waals surface area contributed by atoms with Crippen LogP contribution in [0.1, 0.15) is 26.7 Å². The first-order valence-corrected chi connectivity index (χ1v) is 5.80. The van der Waals surface area contributed by atoms with Gasteiger partial charge >= 0.3 is 0 Å². The number of rotatable bonds is 6. The van der Waals surface area contributed by atoms with Crippen LogP contribution in [-0.4, -0.2) is 18.6 Å². The van der Waals surface area contributed by atoms with E-state index < -0.39 is 0 Å². The van der Waals surface area contributed by atoms with Crippen LogP contribution in [0.5, 0.6) is 0 Å². The van der Waals surface area contributed by atoms with Gasteiger partial charge in [-0.05, 0) is 43.2 Å². The van der Waals surface area contributed by atoms with Crippen molar-refractivity contribution in [2.75, 3.05) is 18.6 Å². The zero-order valence-corrected chi connectivity index (χ0v) is 8.79. The largest absolute Gasteiger partial charge is 0.330 e. The van der Waals surface area contributed by atoms with E-state index in [9.17, 15) is 0 Å². The van der Waals surface area contributed by atoms with E-state index in [1.165, 1.54) is 18.6 Å². The van der Waals surface area contributed by atoms with Gasteiger partial charge in [-0.15, -0.1) is 0 Å². The molecule has 68 valence electrons. The zero-order valence-electron chi connectivity index (χ0n) is 7.97. The third kappa shape index (κ3) is 5.57. The van der Waals surface area contributed by atoms with Crippen molar-refractivity contribution >= 4 is 11.8 Å². The maximum absolute atomic E-state index is 5.65. The fourth-order valence-corrected chi connectivity index (χ4v) is 1.67. The molecule has 0 bridgehead atoms. The number of thioether (sulfide) groups is 1. The Labute approximate surface area is 75.1 Å². The molecular formula is C9H21NS. The second-order valence-electron chi connectivity index (χ2n) is 3.37. The van der Waals surface area contributed by atoms with Crippen molar-refractivity contribution in [3.05, 3.63) is 0 Å². The summed E-state index contributed by atoms with van der Waals surface area (Å²) >= 11 is 1.92. The van der Waals surface area contributed by atoms with Gasteiger partial charge in [0.05, 0.1) is 0 Å². The highest BCUT2D eigenvalue weighted by molar-refractivity contribution is 7.98. The topological polar surface area (TPSA) is 26.0 Å². The SMILES string of the molecule is CSCCCC(CN)C(C)C. The summed E-state index contributed by atoms with van der Waals surface area (Å²) in [6, 6.07) is 0. The predicted octanol–water partition coefficient (Wildman–Crippen LogP) is 2.36. The molecule has 0 aliphatic heterocycles. The molecule has 2 heteroatoms. The Morgan fingerprint density at radius 1 is 1.36 bits per heavy atom. The van der Waals surface area contributed by atoms with Crippen molar-refractivity contribution in [3.63, 3.8) is 0 Å². The van der Waals surface area contributed by atoms with Gasteiger partial charge in [0.15, 0.2) is 0 Å². The summed E-state index contributed by atoms with van der Waals surface area (Å²) in [5.41, 5.74) is 5.65. The average molecular weight is 175 g/mol. The summed E-state index contributed by atoms with van der Waals surface area (Å²) < 4.78 is 0. The minimum absolute atomic E-state index is 0.738. The van der Waals surface area contributed by atoms with Crippen molar-refractivity contribution in [2.45, 2.75) is 26.7 Å². The predicted molar refractivity (Wildman–Crippen MR) is 55.0 cm³/mol. The molecule has 0 aliphatic rings. The van der Waals surface area contributed by atoms with Gasteiger partial charge in [0.25, 0.3) is 0 Å². The third-order valence-corrected chi connectivity index (χ3v) is 2.87. The molecule has 0 aliphatic carbocycles. The van der Waals surface area contributed by atoms with E-state index in [0.717, 1.165) is 18.4 Å². The van der Waals surface area contributed by atoms with Crippen LogP contribution in [-0.2, 0) is 0 Å². The van der Waals surface area contributed by atoms with Gasteiger partial charge in [-0.2, -0.15) is 11.8 Å². The van der Waals surface area contributed by atoms with Gasteiger partial charge in [0.2, 0.25) is 0 Å². The van der Waals surface area contributed by atoms with E-state index in [1.807, 2.05) is 11.8 Å². The number of hydrogen-bond acceptors (Lipinski definition) is 2. The quantitative estimate of drug-likeness (QED) is 0.627. The molecule has 1 unspecified atom stereocenters. The van der Waals surface area contributed by atoms with E-state index in [-0.39, 0.29) is 0 Å². The van der Waals surface area contributed by atoms with Crippen LogP contribution in [0.3, 0.4) is 0 Å². The molecule has 0 aromatic heterocycles. The maximum atomic E-state index is 5.65. The van der Waals surface area contributed by atoms with Gasteiger partial charge in [0, 0.05) is 0 Å². The van der Waals surface area contributed by atoms with Gasteiger partial charge in [-0.1, -0.05) is 13.8 Å². The molecule has 0 saturated carbocycles. The van der Waals surface area contributed by atoms with E-state index in [0.29, 0.717) is 0 Å². The minimum atomic E-state index is 0.738. The van der Waals surface area contributed by atoms with Crippen molar-refractivity contribution in [1.29, 1.82) is 0 Å². The van der Waals surface area contributed by atoms with Crippen LogP contribution in [0.4, 0.5) is 0 Å². The fourth-order valence-electron chi connectivity index (χ4n) is 1.21. The molecule has 0 fully saturated rings. The molecule has 0 heterocycles. The molecule has 0 aromatic carbocycles. The summed E-state index contributed by atoms with van der Waals surface area (Å²) in [5, 5.41) is 0. The molecule has 0 aromatic rings. The van der Waals surface area contributed by atoms with Crippen LogP contribution >= 0.6 is 11.8 Å². The highest BCUT2D eigenvalue weighted by atomic mass is 32.2. The Bertz CT molecular complexity index is 83.6. The Hall–Kier alpha value is 0.310. The Morgan fingerprint density at radius 2 is 2.00 bits per heavy atom. The first kappa shape index (κ1) is 11.3. The lowest BCUT2D eigenvalue weighted by Gasteiger charge is -2.17. The average Bonchev–Trinajstić information content (AvgIpc) is 1.97. The van der Waals surface area contributed by atoms with E-state index >= 15 is 0 Å². The molecule has 0 radical (unpaired) electrons. The smallest absolute Gasteiger partial charge is 0.00464 e. The Kier molecular flexibility index (Phi) is 7.18. The molecule has 0 amide bonds. The molecule has 0 spiro atoms. The Balaban J connectivity index is 3.36. The van der Waals surface area contributed by atoms with Crippen LogP contribution in [0.25, 0.3) is 0 Å². The summed E-state index contributed by atoms with van der Waals surface area (Å²) in [6.45, 7) is 5.37. The zero-order chi connectivity index (χ0) is 8.69. The summed E-state index contributed by atoms with van der Waals surface area (Å²) in [6.07, 6.45) is 4.78. The van der Waals surface area contributed by atoms with Crippen LogP contribution in [0, 0.1) is 11.8 Å². The fraction of sp³-hybridized carbons (Fsp3) is 1.00. The molecule has 2 N–H and O–H groups in total. The monoisotopic (exact) mass is 175 g/mol. The van der Waals surface area contributed by atoms with Crippen LogP contribution in [0.15, 0.2) is 0 Å².